The average Bonchev–Trinajstić information content (AvgIpc) is 3.13. The van der Waals surface area contributed by atoms with Gasteiger partial charge >= 0.3 is 8.60 Å². The molecule has 4 heteroatoms. The van der Waals surface area contributed by atoms with Crippen LogP contribution in [0.5, 0.6) is 0 Å². The maximum atomic E-state index is 7.23. The summed E-state index contributed by atoms with van der Waals surface area (Å²) in [5, 5.41) is 0. The lowest BCUT2D eigenvalue weighted by atomic mass is 10.0. The van der Waals surface area contributed by atoms with Crippen molar-refractivity contribution in [1.29, 1.82) is 0 Å². The molecule has 0 saturated carbocycles. The molecule has 0 bridgehead atoms. The first kappa shape index (κ1) is 59.0. The molecule has 0 rings (SSSR count). The minimum absolute atomic E-state index is 1.37. The molecule has 0 atom stereocenters. The van der Waals surface area contributed by atoms with E-state index in [1.54, 1.807) is 0 Å². The van der Waals surface area contributed by atoms with E-state index in [0.29, 0.717) is 0 Å². The molecular formula is C48H105O3P. The van der Waals surface area contributed by atoms with Gasteiger partial charge in [0.25, 0.3) is 0 Å². The van der Waals surface area contributed by atoms with Crippen molar-refractivity contribution in [2.75, 3.05) is 0 Å². The van der Waals surface area contributed by atoms with E-state index in [-0.39, 0.29) is 0 Å². The lowest BCUT2D eigenvalue weighted by Crippen LogP contribution is -1.82. The van der Waals surface area contributed by atoms with E-state index >= 15 is 0 Å². The molecule has 0 aliphatic carbocycles. The zero-order chi connectivity index (χ0) is 39.3. The lowest BCUT2D eigenvalue weighted by molar-refractivity contribution is 0.368. The normalized spacial score (nSPS) is 10.7. The second-order valence-corrected chi connectivity index (χ2v) is 16.5. The molecule has 0 aliphatic heterocycles. The van der Waals surface area contributed by atoms with Gasteiger partial charge in [-0.15, -0.1) is 0 Å². The van der Waals surface area contributed by atoms with Crippen LogP contribution in [0.1, 0.15) is 311 Å². The van der Waals surface area contributed by atoms with Gasteiger partial charge < -0.3 is 14.7 Å². The Balaban J connectivity index is -0.000000315. The molecule has 0 saturated heterocycles. The summed E-state index contributed by atoms with van der Waals surface area (Å²) in [4.78, 5) is 21.7. The highest BCUT2D eigenvalue weighted by molar-refractivity contribution is 7.38. The Morgan fingerprint density at radius 2 is 0.231 bits per heavy atom. The third kappa shape index (κ3) is 79.2. The largest absolute Gasteiger partial charge is 0.328 e. The number of hydrogen-bond acceptors (Lipinski definition) is 3. The quantitative estimate of drug-likeness (QED) is 0.0432. The van der Waals surface area contributed by atoms with Crippen LogP contribution >= 0.6 is 8.60 Å². The monoisotopic (exact) mass is 761 g/mol. The zero-order valence-electron chi connectivity index (χ0n) is 37.5. The van der Waals surface area contributed by atoms with Crippen molar-refractivity contribution in [3.05, 3.63) is 0 Å². The summed E-state index contributed by atoms with van der Waals surface area (Å²) in [6, 6.07) is 0. The van der Waals surface area contributed by atoms with E-state index in [1.807, 2.05) is 0 Å². The molecule has 0 aliphatic rings. The van der Waals surface area contributed by atoms with Gasteiger partial charge in [-0.25, -0.2) is 0 Å². The van der Waals surface area contributed by atoms with Crippen molar-refractivity contribution in [2.45, 2.75) is 311 Å². The summed E-state index contributed by atoms with van der Waals surface area (Å²) in [5.74, 6) is 0. The SMILES string of the molecule is CCCCCCCCCCCCCCCC.CCCCCCCCCCCCCCCC.CCCCCCCCCCCCCCCC.OP(O)O. The van der Waals surface area contributed by atoms with Crippen LogP contribution in [0.2, 0.25) is 0 Å². The molecule has 0 aromatic heterocycles. The molecule has 320 valence electrons. The minimum Gasteiger partial charge on any atom is -0.328 e. The molecule has 0 aromatic carbocycles. The Morgan fingerprint density at radius 1 is 0.173 bits per heavy atom. The average molecular weight is 761 g/mol. The van der Waals surface area contributed by atoms with Gasteiger partial charge in [0, 0.05) is 0 Å². The van der Waals surface area contributed by atoms with Crippen LogP contribution < -0.4 is 0 Å². The number of hydrogen-bond donors (Lipinski definition) is 3. The van der Waals surface area contributed by atoms with Crippen LogP contribution in [0.3, 0.4) is 0 Å². The Hall–Kier alpha value is 0.310. The van der Waals surface area contributed by atoms with E-state index in [9.17, 15) is 0 Å². The summed E-state index contributed by atoms with van der Waals surface area (Å²) in [5.41, 5.74) is 0. The fraction of sp³-hybridized carbons (Fsp3) is 1.00. The van der Waals surface area contributed by atoms with Gasteiger partial charge in [-0.1, -0.05) is 311 Å². The molecule has 0 unspecified atom stereocenters. The summed E-state index contributed by atoms with van der Waals surface area (Å²) in [6.45, 7) is 13.7. The second kappa shape index (κ2) is 63.3. The Kier molecular flexibility index (Phi) is 71.8. The lowest BCUT2D eigenvalue weighted by Gasteiger charge is -2.02. The van der Waals surface area contributed by atoms with Crippen molar-refractivity contribution < 1.29 is 14.7 Å². The van der Waals surface area contributed by atoms with Crippen LogP contribution in [0.25, 0.3) is 0 Å². The highest BCUT2D eigenvalue weighted by atomic mass is 31.2. The third-order valence-corrected chi connectivity index (χ3v) is 10.4. The first-order valence-corrected chi connectivity index (χ1v) is 25.5. The highest BCUT2D eigenvalue weighted by Crippen LogP contribution is 2.15. The van der Waals surface area contributed by atoms with Crippen molar-refractivity contribution in [1.82, 2.24) is 0 Å². The van der Waals surface area contributed by atoms with Crippen LogP contribution in [0.15, 0.2) is 0 Å². The standard InChI is InChI=1S/3C16H34.H3O3P/c3*1-3-5-7-9-11-13-15-16-14-12-10-8-6-4-2;1-4(2)3/h3*3-16H2,1-2H3;1-3H. The molecule has 0 amide bonds. The van der Waals surface area contributed by atoms with Crippen molar-refractivity contribution in [3.8, 4) is 0 Å². The summed E-state index contributed by atoms with van der Waals surface area (Å²) >= 11 is 0. The molecule has 0 fully saturated rings. The molecule has 3 nitrogen and oxygen atoms in total. The van der Waals surface area contributed by atoms with E-state index < -0.39 is 8.60 Å². The smallest absolute Gasteiger partial charge is 0.324 e. The van der Waals surface area contributed by atoms with Crippen molar-refractivity contribution >= 4 is 8.60 Å². The molecule has 0 heterocycles. The van der Waals surface area contributed by atoms with Gasteiger partial charge in [-0.05, 0) is 0 Å². The van der Waals surface area contributed by atoms with Gasteiger partial charge in [0.2, 0.25) is 0 Å². The highest BCUT2D eigenvalue weighted by Gasteiger charge is 1.95. The fourth-order valence-electron chi connectivity index (χ4n) is 6.80. The Labute approximate surface area is 333 Å². The van der Waals surface area contributed by atoms with E-state index in [2.05, 4.69) is 41.5 Å². The van der Waals surface area contributed by atoms with Crippen LogP contribution in [0.4, 0.5) is 0 Å². The van der Waals surface area contributed by atoms with Gasteiger partial charge in [0.15, 0.2) is 0 Å². The van der Waals surface area contributed by atoms with E-state index in [4.69, 9.17) is 14.7 Å². The Morgan fingerprint density at radius 3 is 0.288 bits per heavy atom. The first-order valence-electron chi connectivity index (χ1n) is 24.3. The second-order valence-electron chi connectivity index (χ2n) is 16.0. The maximum absolute atomic E-state index is 7.23. The van der Waals surface area contributed by atoms with Gasteiger partial charge in [0.05, 0.1) is 0 Å². The van der Waals surface area contributed by atoms with Crippen LogP contribution in [0, 0.1) is 0 Å². The zero-order valence-corrected chi connectivity index (χ0v) is 38.4. The first-order chi connectivity index (χ1) is 25.5. The number of unbranched alkanes of at least 4 members (excludes halogenated alkanes) is 39. The fourth-order valence-corrected chi connectivity index (χ4v) is 6.80. The topological polar surface area (TPSA) is 60.7 Å². The predicted molar refractivity (Wildman–Crippen MR) is 242 cm³/mol. The van der Waals surface area contributed by atoms with Crippen molar-refractivity contribution in [3.63, 3.8) is 0 Å². The van der Waals surface area contributed by atoms with E-state index in [0.717, 1.165) is 0 Å². The van der Waals surface area contributed by atoms with Crippen LogP contribution in [-0.2, 0) is 0 Å². The third-order valence-electron chi connectivity index (χ3n) is 10.4. The molecule has 3 N–H and O–H groups in total. The molecular weight excluding hydrogens is 655 g/mol. The Bertz CT molecular complexity index is 405. The van der Waals surface area contributed by atoms with Crippen molar-refractivity contribution in [2.24, 2.45) is 0 Å². The summed E-state index contributed by atoms with van der Waals surface area (Å²) in [6.07, 6.45) is 61.3. The number of rotatable bonds is 39. The molecule has 0 radical (unpaired) electrons. The molecule has 0 aromatic rings. The molecule has 0 spiro atoms. The van der Waals surface area contributed by atoms with Gasteiger partial charge in [-0.3, -0.25) is 0 Å². The van der Waals surface area contributed by atoms with E-state index in [1.165, 1.54) is 270 Å². The molecule has 52 heavy (non-hydrogen) atoms. The summed E-state index contributed by atoms with van der Waals surface area (Å²) < 4.78 is 0. The maximum Gasteiger partial charge on any atom is 0.324 e. The van der Waals surface area contributed by atoms with Crippen LogP contribution in [-0.4, -0.2) is 14.7 Å². The predicted octanol–water partition coefficient (Wildman–Crippen LogP) is 18.7. The van der Waals surface area contributed by atoms with Gasteiger partial charge in [-0.2, -0.15) is 0 Å². The van der Waals surface area contributed by atoms with Gasteiger partial charge in [0.1, 0.15) is 0 Å². The minimum atomic E-state index is -2.62. The summed E-state index contributed by atoms with van der Waals surface area (Å²) in [7, 11) is -2.62.